The van der Waals surface area contributed by atoms with E-state index in [1.807, 2.05) is 26.0 Å². The summed E-state index contributed by atoms with van der Waals surface area (Å²) < 4.78 is 14.9. The van der Waals surface area contributed by atoms with E-state index in [9.17, 15) is 9.18 Å². The highest BCUT2D eigenvalue weighted by Crippen LogP contribution is 2.36. The average molecular weight is 352 g/mol. The minimum absolute atomic E-state index is 0.0358. The van der Waals surface area contributed by atoms with Crippen LogP contribution in [0.25, 0.3) is 10.9 Å². The summed E-state index contributed by atoms with van der Waals surface area (Å²) in [6.07, 6.45) is 3.13. The number of nitrogens with zero attached hydrogens (tertiary/aromatic N) is 2. The van der Waals surface area contributed by atoms with Crippen molar-refractivity contribution in [2.45, 2.75) is 26.4 Å². The third-order valence-corrected chi connectivity index (χ3v) is 5.32. The lowest BCUT2D eigenvalue weighted by Gasteiger charge is -2.44. The number of anilines is 1. The number of carbonyl (C=O) groups excluding carboxylic acids is 1. The standard InChI is InChI=1S/C20H21FN4O/c1-12-14(3)23-17-7-6-16(13(2)18(12)17)24-19(26)25-10-20(21,11-25)15-5-4-8-22-9-15/h4-9,23H,10-11H2,1-3H3,(H,24,26). The van der Waals surface area contributed by atoms with Crippen molar-refractivity contribution < 1.29 is 9.18 Å². The van der Waals surface area contributed by atoms with Gasteiger partial charge < -0.3 is 15.2 Å². The molecular formula is C20H21FN4O. The summed E-state index contributed by atoms with van der Waals surface area (Å²) in [6, 6.07) is 6.98. The molecule has 1 fully saturated rings. The smallest absolute Gasteiger partial charge is 0.322 e. The molecule has 0 spiro atoms. The first-order chi connectivity index (χ1) is 12.4. The van der Waals surface area contributed by atoms with Crippen molar-refractivity contribution in [2.24, 2.45) is 0 Å². The number of hydrogen-bond donors (Lipinski definition) is 2. The van der Waals surface area contributed by atoms with Gasteiger partial charge in [0.1, 0.15) is 0 Å². The number of pyridine rings is 1. The molecule has 0 radical (unpaired) electrons. The van der Waals surface area contributed by atoms with Gasteiger partial charge in [-0.1, -0.05) is 6.07 Å². The molecular weight excluding hydrogens is 331 g/mol. The molecule has 0 atom stereocenters. The zero-order chi connectivity index (χ0) is 18.5. The Hall–Kier alpha value is -2.89. The topological polar surface area (TPSA) is 61.0 Å². The van der Waals surface area contributed by atoms with Crippen LogP contribution in [0.4, 0.5) is 14.9 Å². The predicted molar refractivity (Wildman–Crippen MR) is 100 cm³/mol. The molecule has 26 heavy (non-hydrogen) atoms. The molecule has 2 N–H and O–H groups in total. The number of likely N-dealkylation sites (tertiary alicyclic amines) is 1. The van der Waals surface area contributed by atoms with Crippen LogP contribution in [0.5, 0.6) is 0 Å². The summed E-state index contributed by atoms with van der Waals surface area (Å²) in [6.45, 7) is 6.16. The molecule has 4 rings (SSSR count). The number of fused-ring (bicyclic) bond motifs is 1. The second-order valence-electron chi connectivity index (χ2n) is 7.03. The van der Waals surface area contributed by atoms with E-state index in [2.05, 4.69) is 22.2 Å². The van der Waals surface area contributed by atoms with Crippen LogP contribution < -0.4 is 5.32 Å². The van der Waals surface area contributed by atoms with Crippen LogP contribution in [0.15, 0.2) is 36.7 Å². The second-order valence-corrected chi connectivity index (χ2v) is 7.03. The number of urea groups is 1. The highest BCUT2D eigenvalue weighted by molar-refractivity contribution is 5.97. The Bertz CT molecular complexity index is 990. The van der Waals surface area contributed by atoms with E-state index in [0.717, 1.165) is 27.8 Å². The fourth-order valence-electron chi connectivity index (χ4n) is 3.62. The number of alkyl halides is 1. The largest absolute Gasteiger partial charge is 0.358 e. The lowest BCUT2D eigenvalue weighted by Crippen LogP contribution is -2.59. The molecule has 0 bridgehead atoms. The monoisotopic (exact) mass is 352 g/mol. The minimum atomic E-state index is -1.51. The fraction of sp³-hybridized carbons (Fsp3) is 0.300. The normalized spacial score (nSPS) is 15.8. The fourth-order valence-corrected chi connectivity index (χ4v) is 3.62. The van der Waals surface area contributed by atoms with Gasteiger partial charge in [0.2, 0.25) is 0 Å². The number of H-pyrrole nitrogens is 1. The maximum Gasteiger partial charge on any atom is 0.322 e. The first kappa shape index (κ1) is 16.6. The molecule has 0 unspecified atom stereocenters. The van der Waals surface area contributed by atoms with E-state index >= 15 is 0 Å². The van der Waals surface area contributed by atoms with Gasteiger partial charge in [0.25, 0.3) is 0 Å². The molecule has 2 amide bonds. The number of carbonyl (C=O) groups is 1. The molecule has 1 aliphatic heterocycles. The third kappa shape index (κ3) is 2.53. The maximum absolute atomic E-state index is 14.9. The van der Waals surface area contributed by atoms with E-state index in [1.54, 1.807) is 18.3 Å². The first-order valence-corrected chi connectivity index (χ1v) is 8.63. The highest BCUT2D eigenvalue weighted by Gasteiger charge is 2.47. The summed E-state index contributed by atoms with van der Waals surface area (Å²) in [7, 11) is 0. The molecule has 3 heterocycles. The van der Waals surface area contributed by atoms with E-state index in [4.69, 9.17) is 0 Å². The van der Waals surface area contributed by atoms with Crippen LogP contribution >= 0.6 is 0 Å². The molecule has 0 saturated carbocycles. The van der Waals surface area contributed by atoms with Crippen molar-refractivity contribution in [2.75, 3.05) is 18.4 Å². The minimum Gasteiger partial charge on any atom is -0.358 e. The Balaban J connectivity index is 1.51. The summed E-state index contributed by atoms with van der Waals surface area (Å²) in [5.74, 6) is 0. The summed E-state index contributed by atoms with van der Waals surface area (Å²) in [5, 5.41) is 4.04. The number of aromatic amines is 1. The molecule has 3 aromatic rings. The van der Waals surface area contributed by atoms with Crippen LogP contribution in [0.3, 0.4) is 0 Å². The molecule has 6 heteroatoms. The number of aromatic nitrogens is 2. The summed E-state index contributed by atoms with van der Waals surface area (Å²) >= 11 is 0. The molecule has 5 nitrogen and oxygen atoms in total. The van der Waals surface area contributed by atoms with Gasteiger partial charge in [-0.2, -0.15) is 0 Å². The van der Waals surface area contributed by atoms with Crippen LogP contribution in [0.2, 0.25) is 0 Å². The Kier molecular flexibility index (Phi) is 3.72. The Morgan fingerprint density at radius 2 is 2.00 bits per heavy atom. The third-order valence-electron chi connectivity index (χ3n) is 5.32. The predicted octanol–water partition coefficient (Wildman–Crippen LogP) is 4.20. The lowest BCUT2D eigenvalue weighted by molar-refractivity contribution is -0.00553. The van der Waals surface area contributed by atoms with Crippen LogP contribution in [-0.2, 0) is 5.67 Å². The molecule has 1 saturated heterocycles. The summed E-state index contributed by atoms with van der Waals surface area (Å²) in [4.78, 5) is 21.3. The number of aryl methyl sites for hydroxylation is 3. The Morgan fingerprint density at radius 1 is 1.23 bits per heavy atom. The van der Waals surface area contributed by atoms with Gasteiger partial charge in [0.15, 0.2) is 5.67 Å². The highest BCUT2D eigenvalue weighted by atomic mass is 19.1. The molecule has 2 aromatic heterocycles. The van der Waals surface area contributed by atoms with Gasteiger partial charge in [-0.25, -0.2) is 9.18 Å². The summed E-state index contributed by atoms with van der Waals surface area (Å²) in [5.41, 5.74) is 4.11. The average Bonchev–Trinajstić information content (AvgIpc) is 2.90. The second kappa shape index (κ2) is 5.83. The molecule has 1 aromatic carbocycles. The van der Waals surface area contributed by atoms with Crippen molar-refractivity contribution in [1.82, 2.24) is 14.9 Å². The van der Waals surface area contributed by atoms with Crippen LogP contribution in [0, 0.1) is 20.8 Å². The number of hydrogen-bond acceptors (Lipinski definition) is 2. The Morgan fingerprint density at radius 3 is 2.69 bits per heavy atom. The van der Waals surface area contributed by atoms with E-state index < -0.39 is 5.67 Å². The zero-order valence-electron chi connectivity index (χ0n) is 15.1. The lowest BCUT2D eigenvalue weighted by atomic mass is 9.89. The van der Waals surface area contributed by atoms with Gasteiger partial charge in [-0.3, -0.25) is 4.98 Å². The maximum atomic E-state index is 14.9. The number of nitrogens with one attached hydrogen (secondary N) is 2. The Labute approximate surface area is 151 Å². The number of rotatable bonds is 2. The van der Waals surface area contributed by atoms with Crippen molar-refractivity contribution in [3.63, 3.8) is 0 Å². The van der Waals surface area contributed by atoms with E-state index in [-0.39, 0.29) is 19.1 Å². The zero-order valence-corrected chi connectivity index (χ0v) is 15.1. The van der Waals surface area contributed by atoms with Crippen LogP contribution in [0.1, 0.15) is 22.4 Å². The number of amides is 2. The number of benzene rings is 1. The molecule has 0 aliphatic carbocycles. The first-order valence-electron chi connectivity index (χ1n) is 8.63. The van der Waals surface area contributed by atoms with Crippen molar-refractivity contribution in [1.29, 1.82) is 0 Å². The molecule has 1 aliphatic rings. The quantitative estimate of drug-likeness (QED) is 0.726. The van der Waals surface area contributed by atoms with Gasteiger partial charge in [0.05, 0.1) is 13.1 Å². The van der Waals surface area contributed by atoms with Gasteiger partial charge >= 0.3 is 6.03 Å². The SMILES string of the molecule is Cc1[nH]c2ccc(NC(=O)N3CC(F)(c4cccnc4)C3)c(C)c2c1C. The van der Waals surface area contributed by atoms with Crippen molar-refractivity contribution in [3.8, 4) is 0 Å². The van der Waals surface area contributed by atoms with Gasteiger partial charge in [-0.15, -0.1) is 0 Å². The van der Waals surface area contributed by atoms with Crippen molar-refractivity contribution >= 4 is 22.6 Å². The van der Waals surface area contributed by atoms with E-state index in [1.165, 1.54) is 16.7 Å². The van der Waals surface area contributed by atoms with Crippen molar-refractivity contribution in [3.05, 3.63) is 59.0 Å². The van der Waals surface area contributed by atoms with E-state index in [0.29, 0.717) is 5.56 Å². The van der Waals surface area contributed by atoms with Crippen LogP contribution in [-0.4, -0.2) is 34.0 Å². The van der Waals surface area contributed by atoms with Gasteiger partial charge in [-0.05, 0) is 50.1 Å². The molecule has 134 valence electrons. The number of halogens is 1. The van der Waals surface area contributed by atoms with Gasteiger partial charge in [0, 0.05) is 40.2 Å².